The van der Waals surface area contributed by atoms with Gasteiger partial charge >= 0.3 is 0 Å². The molecule has 0 fully saturated rings. The van der Waals surface area contributed by atoms with Gasteiger partial charge in [0.05, 0.1) is 11.7 Å². The third-order valence-corrected chi connectivity index (χ3v) is 16.7. The Morgan fingerprint density at radius 3 is 1.68 bits per heavy atom. The van der Waals surface area contributed by atoms with Crippen LogP contribution in [0.5, 0.6) is 0 Å². The summed E-state index contributed by atoms with van der Waals surface area (Å²) in [6.45, 7) is 4.78. The lowest BCUT2D eigenvalue weighted by molar-refractivity contribution is 0.660. The SMILES string of the molecule is CC1(C)c2ccccc2-c2ccc(N(c3ccc4ccc(-c5ccccc5)cc4c3)c3cc4c5ccccc5c5ccccc5c4cc3-c3cccc4c3C3C=CC=CC3N4c3ccc(-c4ccccc4)cc3)cc21. The predicted molar refractivity (Wildman–Crippen MR) is 318 cm³/mol. The van der Waals surface area contributed by atoms with Crippen molar-refractivity contribution < 1.29 is 0 Å². The molecule has 354 valence electrons. The van der Waals surface area contributed by atoms with Gasteiger partial charge in [-0.15, -0.1) is 0 Å². The number of benzene rings is 12. The Bertz CT molecular complexity index is 4330. The predicted octanol–water partition coefficient (Wildman–Crippen LogP) is 19.8. The molecule has 2 atom stereocenters. The van der Waals surface area contributed by atoms with E-state index < -0.39 is 0 Å². The molecule has 0 radical (unpaired) electrons. The van der Waals surface area contributed by atoms with E-state index in [0.717, 1.165) is 17.1 Å². The first-order valence-corrected chi connectivity index (χ1v) is 26.4. The smallest absolute Gasteiger partial charge is 0.0629 e. The minimum absolute atomic E-state index is 0.110. The van der Waals surface area contributed by atoms with Gasteiger partial charge < -0.3 is 9.80 Å². The molecule has 0 saturated heterocycles. The molecule has 75 heavy (non-hydrogen) atoms. The van der Waals surface area contributed by atoms with Crippen molar-refractivity contribution in [2.45, 2.75) is 31.2 Å². The summed E-state index contributed by atoms with van der Waals surface area (Å²) in [6, 6.07) is 91.0. The van der Waals surface area contributed by atoms with Crippen LogP contribution >= 0.6 is 0 Å². The Morgan fingerprint density at radius 2 is 0.933 bits per heavy atom. The highest BCUT2D eigenvalue weighted by Crippen LogP contribution is 2.56. The number of hydrogen-bond donors (Lipinski definition) is 0. The highest BCUT2D eigenvalue weighted by Gasteiger charge is 2.40. The lowest BCUT2D eigenvalue weighted by Gasteiger charge is -2.31. The van der Waals surface area contributed by atoms with Crippen LogP contribution < -0.4 is 9.80 Å². The number of fused-ring (bicyclic) bond motifs is 13. The first-order chi connectivity index (χ1) is 37.0. The molecule has 0 spiro atoms. The van der Waals surface area contributed by atoms with E-state index in [1.54, 1.807) is 0 Å². The van der Waals surface area contributed by atoms with Crippen LogP contribution in [0.4, 0.5) is 28.4 Å². The zero-order chi connectivity index (χ0) is 49.8. The Labute approximate surface area is 438 Å². The summed E-state index contributed by atoms with van der Waals surface area (Å²) in [7, 11) is 0. The first-order valence-electron chi connectivity index (χ1n) is 26.4. The number of rotatable bonds is 7. The van der Waals surface area contributed by atoms with Crippen molar-refractivity contribution in [2.24, 2.45) is 0 Å². The molecule has 0 amide bonds. The summed E-state index contributed by atoms with van der Waals surface area (Å²) < 4.78 is 0. The molecule has 12 aromatic carbocycles. The zero-order valence-corrected chi connectivity index (χ0v) is 42.0. The zero-order valence-electron chi connectivity index (χ0n) is 42.0. The summed E-state index contributed by atoms with van der Waals surface area (Å²) in [6.07, 6.45) is 9.31. The van der Waals surface area contributed by atoms with Crippen molar-refractivity contribution >= 4 is 71.5 Å². The average molecular weight is 957 g/mol. The van der Waals surface area contributed by atoms with E-state index in [9.17, 15) is 0 Å². The molecule has 2 aliphatic carbocycles. The van der Waals surface area contributed by atoms with Crippen molar-refractivity contribution in [2.75, 3.05) is 9.80 Å². The van der Waals surface area contributed by atoms with Crippen molar-refractivity contribution in [1.29, 1.82) is 0 Å². The molecule has 2 heteroatoms. The molecule has 2 unspecified atom stereocenters. The van der Waals surface area contributed by atoms with E-state index in [-0.39, 0.29) is 17.4 Å². The minimum atomic E-state index is -0.193. The Kier molecular flexibility index (Phi) is 9.78. The van der Waals surface area contributed by atoms with Gasteiger partial charge in [0.25, 0.3) is 0 Å². The molecule has 0 aromatic heterocycles. The summed E-state index contributed by atoms with van der Waals surface area (Å²) in [5.74, 6) is 0.122. The maximum atomic E-state index is 2.58. The van der Waals surface area contributed by atoms with Crippen LogP contribution in [0.1, 0.15) is 36.5 Å². The second-order valence-corrected chi connectivity index (χ2v) is 21.2. The second-order valence-electron chi connectivity index (χ2n) is 21.2. The van der Waals surface area contributed by atoms with Gasteiger partial charge in [-0.1, -0.05) is 220 Å². The van der Waals surface area contributed by atoms with Gasteiger partial charge in [0.2, 0.25) is 0 Å². The number of nitrogens with zero attached hydrogens (tertiary/aromatic N) is 2. The molecule has 15 rings (SSSR count). The van der Waals surface area contributed by atoms with Crippen LogP contribution in [0.25, 0.3) is 87.6 Å². The van der Waals surface area contributed by atoms with Gasteiger partial charge in [0, 0.05) is 39.6 Å². The lowest BCUT2D eigenvalue weighted by Crippen LogP contribution is -2.28. The molecule has 0 saturated carbocycles. The van der Waals surface area contributed by atoms with Gasteiger partial charge in [-0.05, 0) is 159 Å². The molecule has 3 aliphatic rings. The Hall–Kier alpha value is -9.24. The number of anilines is 5. The van der Waals surface area contributed by atoms with Gasteiger partial charge in [-0.3, -0.25) is 0 Å². The van der Waals surface area contributed by atoms with E-state index in [4.69, 9.17) is 0 Å². The van der Waals surface area contributed by atoms with E-state index in [0.29, 0.717) is 0 Å². The fourth-order valence-electron chi connectivity index (χ4n) is 13.2. The summed E-state index contributed by atoms with van der Waals surface area (Å²) in [5, 5.41) is 9.93. The quantitative estimate of drug-likeness (QED) is 0.147. The summed E-state index contributed by atoms with van der Waals surface area (Å²) in [5.41, 5.74) is 19.6. The van der Waals surface area contributed by atoms with Crippen LogP contribution in [0.2, 0.25) is 0 Å². The molecule has 1 heterocycles. The van der Waals surface area contributed by atoms with Crippen LogP contribution in [0, 0.1) is 0 Å². The normalized spacial score (nSPS) is 15.8. The maximum Gasteiger partial charge on any atom is 0.0629 e. The largest absolute Gasteiger partial charge is 0.333 e. The molecule has 0 N–H and O–H groups in total. The lowest BCUT2D eigenvalue weighted by atomic mass is 9.82. The molecular weight excluding hydrogens is 905 g/mol. The fourth-order valence-corrected chi connectivity index (χ4v) is 13.2. The van der Waals surface area contributed by atoms with E-state index >= 15 is 0 Å². The van der Waals surface area contributed by atoms with E-state index in [1.807, 2.05) is 0 Å². The van der Waals surface area contributed by atoms with Gasteiger partial charge in [-0.25, -0.2) is 0 Å². The van der Waals surface area contributed by atoms with Gasteiger partial charge in [-0.2, -0.15) is 0 Å². The fraction of sp³-hybridized carbons (Fsp3) is 0.0685. The number of allylic oxidation sites excluding steroid dienone is 2. The summed E-state index contributed by atoms with van der Waals surface area (Å²) in [4.78, 5) is 5.16. The van der Waals surface area contributed by atoms with Crippen LogP contribution in [0.15, 0.2) is 267 Å². The highest BCUT2D eigenvalue weighted by molar-refractivity contribution is 6.27. The topological polar surface area (TPSA) is 6.48 Å². The van der Waals surface area contributed by atoms with Crippen molar-refractivity contribution in [3.8, 4) is 44.5 Å². The average Bonchev–Trinajstić information content (AvgIpc) is 3.94. The standard InChI is InChI=1S/C73H52N2/c1-73(2)67-29-15-13-26-60(67)61-41-40-55(44-68(61)73)74(54-39-36-50-32-33-51(42-52(50)43-54)48-20-7-4-8-21-48)71-46-65-59-25-12-10-23-57(59)56-22-9-11-24-58(56)64(65)45-66(71)62-28-17-31-70-72(62)63-27-14-16-30-69(63)75(70)53-37-34-49(35-38-53)47-18-5-3-6-19-47/h3-46,63,69H,1-2H3. The third-order valence-electron chi connectivity index (χ3n) is 16.7. The molecular formula is C73H52N2. The monoisotopic (exact) mass is 956 g/mol. The van der Waals surface area contributed by atoms with E-state index in [1.165, 1.54) is 116 Å². The van der Waals surface area contributed by atoms with Crippen LogP contribution in [0.3, 0.4) is 0 Å². The van der Waals surface area contributed by atoms with Crippen LogP contribution in [-0.2, 0) is 5.41 Å². The third kappa shape index (κ3) is 6.79. The van der Waals surface area contributed by atoms with Crippen LogP contribution in [-0.4, -0.2) is 6.04 Å². The molecule has 1 aliphatic heterocycles. The molecule has 0 bridgehead atoms. The van der Waals surface area contributed by atoms with Gasteiger partial charge in [0.1, 0.15) is 0 Å². The van der Waals surface area contributed by atoms with Gasteiger partial charge in [0.15, 0.2) is 0 Å². The Balaban J connectivity index is 1.02. The second kappa shape index (κ2) is 16.9. The van der Waals surface area contributed by atoms with Crippen molar-refractivity contribution in [1.82, 2.24) is 0 Å². The van der Waals surface area contributed by atoms with Crippen molar-refractivity contribution in [3.63, 3.8) is 0 Å². The summed E-state index contributed by atoms with van der Waals surface area (Å²) >= 11 is 0. The molecule has 12 aromatic rings. The number of hydrogen-bond acceptors (Lipinski definition) is 2. The van der Waals surface area contributed by atoms with Crippen molar-refractivity contribution in [3.05, 3.63) is 284 Å². The Morgan fingerprint density at radius 1 is 0.373 bits per heavy atom. The maximum absolute atomic E-state index is 2.58. The minimum Gasteiger partial charge on any atom is -0.333 e. The highest BCUT2D eigenvalue weighted by atomic mass is 15.2. The molecule has 2 nitrogen and oxygen atoms in total. The van der Waals surface area contributed by atoms with E-state index in [2.05, 4.69) is 291 Å². The first kappa shape index (κ1) is 43.4.